The van der Waals surface area contributed by atoms with Crippen LogP contribution in [0.15, 0.2) is 58.7 Å². The van der Waals surface area contributed by atoms with Gasteiger partial charge >= 0.3 is 0 Å². The minimum absolute atomic E-state index is 0. The van der Waals surface area contributed by atoms with Crippen LogP contribution in [0.5, 0.6) is 0 Å². The van der Waals surface area contributed by atoms with Crippen LogP contribution in [0.25, 0.3) is 0 Å². The molecule has 0 amide bonds. The molecule has 4 heteroatoms. The van der Waals surface area contributed by atoms with E-state index in [2.05, 4.69) is 45.9 Å². The summed E-state index contributed by atoms with van der Waals surface area (Å²) in [6.45, 7) is 13.9. The molecule has 0 heterocycles. The standard InChI is InChI=1S/C22H31O2.Re.Rf/c1-7-24-21(23)16-18(3)11-8-10-17(2)13-14-20-19(4)12-9-15-22(20,5)6;;/h7-8,10-11,13-14,16H,9,12,15H2,1-6H3;;/q-1;;/b11-8+,14-13+,17-10+,18-16+;;. The Kier molecular flexibility index (Phi) is 12.3. The van der Waals surface area contributed by atoms with Crippen molar-refractivity contribution in [3.05, 3.63) is 65.4 Å². The number of carbonyl (C=O) groups is 1. The summed E-state index contributed by atoms with van der Waals surface area (Å²) < 4.78 is 4.77. The van der Waals surface area contributed by atoms with Gasteiger partial charge in [-0.15, -0.1) is 0 Å². The molecule has 1 rings (SSSR count). The van der Waals surface area contributed by atoms with Gasteiger partial charge in [0.05, 0.1) is 0 Å². The van der Waals surface area contributed by atoms with Crippen LogP contribution in [-0.4, -0.2) is 5.97 Å². The van der Waals surface area contributed by atoms with E-state index < -0.39 is 0 Å². The van der Waals surface area contributed by atoms with Crippen molar-refractivity contribution in [1.82, 2.24) is 0 Å². The summed E-state index contributed by atoms with van der Waals surface area (Å²) in [7, 11) is 0. The molecule has 26 heavy (non-hydrogen) atoms. The Morgan fingerprint density at radius 1 is 1.19 bits per heavy atom. The number of ether oxygens (including phenoxy) is 1. The number of carbonyl (C=O) groups excluding carboxylic acids is 1. The Bertz CT molecular complexity index is 608. The third kappa shape index (κ3) is 8.79. The molecule has 0 atom stereocenters. The molecule has 0 aromatic heterocycles. The second-order valence-electron chi connectivity index (χ2n) is 7.10. The van der Waals surface area contributed by atoms with Crippen LogP contribution >= 0.6 is 0 Å². The molecule has 0 bridgehead atoms. The molecule has 0 aromatic carbocycles. The maximum Gasteiger partial charge on any atom is 0.299 e. The van der Waals surface area contributed by atoms with E-state index in [9.17, 15) is 4.79 Å². The summed E-state index contributed by atoms with van der Waals surface area (Å²) in [6.07, 6.45) is 15.6. The zero-order valence-electron chi connectivity index (χ0n) is 17.1. The minimum atomic E-state index is -0.345. The maximum atomic E-state index is 11.3. The van der Waals surface area contributed by atoms with Crippen molar-refractivity contribution in [2.24, 2.45) is 5.41 Å². The van der Waals surface area contributed by atoms with E-state index in [4.69, 9.17) is 4.74 Å². The van der Waals surface area contributed by atoms with Crippen molar-refractivity contribution < 1.29 is 30.0 Å². The molecule has 1 aliphatic rings. The predicted molar refractivity (Wildman–Crippen MR) is 102 cm³/mol. The van der Waals surface area contributed by atoms with Crippen molar-refractivity contribution in [3.8, 4) is 0 Å². The fourth-order valence-corrected chi connectivity index (χ4v) is 3.02. The Labute approximate surface area is 167 Å². The Hall–Kier alpha value is -2.17. The van der Waals surface area contributed by atoms with Crippen molar-refractivity contribution >= 4 is 5.97 Å². The van der Waals surface area contributed by atoms with E-state index in [0.29, 0.717) is 0 Å². The van der Waals surface area contributed by atoms with Gasteiger partial charge in [0.2, 0.25) is 0 Å². The molecule has 0 aromatic rings. The number of esters is 1. The van der Waals surface area contributed by atoms with E-state index in [-0.39, 0.29) is 31.8 Å². The first-order chi connectivity index (χ1) is 11.3. The number of allylic oxidation sites excluding steroid dienone is 9. The van der Waals surface area contributed by atoms with Gasteiger partial charge in [-0.05, 0) is 56.6 Å². The van der Waals surface area contributed by atoms with Gasteiger partial charge < -0.3 is 4.74 Å². The normalized spacial score (nSPS) is 17.9. The van der Waals surface area contributed by atoms with Crippen LogP contribution in [-0.2, 0) is 30.0 Å². The van der Waals surface area contributed by atoms with Crippen molar-refractivity contribution in [2.75, 3.05) is 0 Å². The Morgan fingerprint density at radius 2 is 1.85 bits per heavy atom. The molecule has 1 radical (unpaired) electrons. The fraction of sp³-hybridized carbons (Fsp3) is 0.455. The zero-order valence-corrected chi connectivity index (χ0v) is 26.2. The van der Waals surface area contributed by atoms with Crippen molar-refractivity contribution in [2.45, 2.75) is 60.8 Å². The molecule has 141 valence electrons. The molecule has 0 N–H and O–H groups in total. The van der Waals surface area contributed by atoms with E-state index in [1.54, 1.807) is 6.92 Å². The molecule has 1 aliphatic carbocycles. The first kappa shape index (κ1) is 26.1. The average molecular weight is 781 g/mol. The van der Waals surface area contributed by atoms with Gasteiger partial charge in [0.15, 0.2) is 0 Å². The van der Waals surface area contributed by atoms with Crippen LogP contribution in [0, 0.1) is 12.0 Å². The second-order valence-corrected chi connectivity index (χ2v) is 7.10. The molecule has 0 unspecified atom stereocenters. The number of hydrogen-bond donors (Lipinski definition) is 0. The quantitative estimate of drug-likeness (QED) is 0.138. The van der Waals surface area contributed by atoms with Crippen LogP contribution < -0.4 is 0 Å². The van der Waals surface area contributed by atoms with Crippen LogP contribution in [0.3, 0.4) is 0 Å². The Balaban J connectivity index is 0. The van der Waals surface area contributed by atoms with Crippen molar-refractivity contribution in [3.63, 3.8) is 0 Å². The van der Waals surface area contributed by atoms with Gasteiger partial charge in [0, 0.05) is 26.5 Å². The largest absolute Gasteiger partial charge is 0.634 e. The van der Waals surface area contributed by atoms with Crippen LogP contribution in [0.4, 0.5) is 0 Å². The van der Waals surface area contributed by atoms with Crippen LogP contribution in [0.2, 0.25) is 0 Å². The smallest absolute Gasteiger partial charge is 0.299 e. The van der Waals surface area contributed by atoms with Gasteiger partial charge in [-0.2, -0.15) is 13.5 Å². The van der Waals surface area contributed by atoms with E-state index in [0.717, 1.165) is 5.57 Å². The van der Waals surface area contributed by atoms with Gasteiger partial charge in [0.25, 0.3) is 5.97 Å². The molecule has 2 nitrogen and oxygen atoms in total. The molecular formula is C22H31O2ReRf-. The molecule has 0 spiro atoms. The predicted octanol–water partition coefficient (Wildman–Crippen LogP) is 6.24. The van der Waals surface area contributed by atoms with Gasteiger partial charge in [-0.25, -0.2) is 4.79 Å². The molecule has 0 saturated carbocycles. The molecule has 0 fully saturated rings. The third-order valence-corrected chi connectivity index (χ3v) is 4.35. The van der Waals surface area contributed by atoms with E-state index in [1.807, 2.05) is 19.1 Å². The topological polar surface area (TPSA) is 26.3 Å². The summed E-state index contributed by atoms with van der Waals surface area (Å²) in [5.41, 5.74) is 5.30. The van der Waals surface area contributed by atoms with Crippen LogP contribution in [0.1, 0.15) is 60.8 Å². The number of hydrogen-bond acceptors (Lipinski definition) is 2. The average Bonchev–Trinajstić information content (AvgIpc) is 2.46. The summed E-state index contributed by atoms with van der Waals surface area (Å²) in [6, 6.07) is 0. The summed E-state index contributed by atoms with van der Waals surface area (Å²) >= 11 is 0. The van der Waals surface area contributed by atoms with Gasteiger partial charge in [-0.1, -0.05) is 55.4 Å². The third-order valence-electron chi connectivity index (χ3n) is 4.35. The first-order valence-electron chi connectivity index (χ1n) is 8.66. The monoisotopic (exact) mass is 781 g/mol. The summed E-state index contributed by atoms with van der Waals surface area (Å²) in [5.74, 6) is -0.345. The van der Waals surface area contributed by atoms with E-state index >= 15 is 0 Å². The molecule has 0 saturated heterocycles. The zero-order chi connectivity index (χ0) is 18.2. The van der Waals surface area contributed by atoms with Crippen molar-refractivity contribution in [1.29, 1.82) is 0 Å². The first-order valence-corrected chi connectivity index (χ1v) is 8.66. The summed E-state index contributed by atoms with van der Waals surface area (Å²) in [5, 5.41) is 0. The maximum absolute atomic E-state index is 11.3. The van der Waals surface area contributed by atoms with Gasteiger partial charge in [0.1, 0.15) is 0 Å². The SMILES string of the molecule is C[CH-]OC(=O)/C=C(C)/C=C/C=C(C)/C=C/C1=C(C)CCCC1(C)C.[Re].[Rf]. The summed E-state index contributed by atoms with van der Waals surface area (Å²) in [4.78, 5) is 11.3. The second kappa shape index (κ2) is 12.2. The fourth-order valence-electron chi connectivity index (χ4n) is 3.02. The molecular weight excluding hydrogens is 749 g/mol. The minimum Gasteiger partial charge on any atom is -0.634 e. The Morgan fingerprint density at radius 3 is 2.42 bits per heavy atom. The van der Waals surface area contributed by atoms with E-state index in [1.165, 1.54) is 48.7 Å². The van der Waals surface area contributed by atoms with Gasteiger partial charge in [-0.3, -0.25) is 0 Å². The molecule has 0 aliphatic heterocycles. The number of rotatable bonds is 6.